The SMILES string of the molecule is C[C@@H]1C[C@@]2(COCC(=O)N2)[C@@H]2CO[C@H]3CC[C@H](CC3)c3cccc(Cl)c3OCC(=O)N12. The maximum Gasteiger partial charge on any atom is 0.261 e. The van der Waals surface area contributed by atoms with Crippen LogP contribution < -0.4 is 10.1 Å². The van der Waals surface area contributed by atoms with Gasteiger partial charge >= 0.3 is 0 Å². The van der Waals surface area contributed by atoms with Crippen LogP contribution in [0.2, 0.25) is 5.02 Å². The van der Waals surface area contributed by atoms with Gasteiger partial charge in [0.05, 0.1) is 35.9 Å². The normalized spacial score (nSPS) is 36.0. The number of nitrogens with one attached hydrogen (secondary N) is 1. The Bertz CT molecular complexity index is 872. The van der Waals surface area contributed by atoms with Gasteiger partial charge < -0.3 is 24.4 Å². The van der Waals surface area contributed by atoms with Crippen molar-refractivity contribution in [1.82, 2.24) is 10.2 Å². The average Bonchev–Trinajstić information content (AvgIpc) is 3.01. The molecule has 4 heterocycles. The lowest BCUT2D eigenvalue weighted by atomic mass is 9.82. The van der Waals surface area contributed by atoms with Crippen LogP contribution in [0.4, 0.5) is 0 Å². The summed E-state index contributed by atoms with van der Waals surface area (Å²) in [5.41, 5.74) is 0.450. The number of carbonyl (C=O) groups is 2. The van der Waals surface area contributed by atoms with E-state index in [2.05, 4.69) is 11.4 Å². The van der Waals surface area contributed by atoms with Gasteiger partial charge in [-0.25, -0.2) is 0 Å². The fraction of sp³-hybridized carbons (Fsp3) is 0.652. The Balaban J connectivity index is 1.49. The van der Waals surface area contributed by atoms with Crippen LogP contribution in [0.15, 0.2) is 18.2 Å². The lowest BCUT2D eigenvalue weighted by Gasteiger charge is -2.41. The molecule has 2 saturated heterocycles. The van der Waals surface area contributed by atoms with Crippen molar-refractivity contribution in [2.75, 3.05) is 26.4 Å². The molecule has 1 aromatic rings. The van der Waals surface area contributed by atoms with Crippen LogP contribution in [0.3, 0.4) is 0 Å². The van der Waals surface area contributed by atoms with E-state index in [1.165, 1.54) is 0 Å². The van der Waals surface area contributed by atoms with Crippen molar-refractivity contribution in [2.24, 2.45) is 0 Å². The summed E-state index contributed by atoms with van der Waals surface area (Å²) in [6, 6.07) is 5.44. The molecule has 168 valence electrons. The molecular formula is C23H29ClN2O5. The number of nitrogens with zero attached hydrogens (tertiary/aromatic N) is 1. The van der Waals surface area contributed by atoms with Crippen LogP contribution in [0.1, 0.15) is 50.5 Å². The van der Waals surface area contributed by atoms with Gasteiger partial charge in [0.15, 0.2) is 6.61 Å². The highest BCUT2D eigenvalue weighted by Crippen LogP contribution is 2.43. The molecule has 3 atom stereocenters. The minimum Gasteiger partial charge on any atom is -0.482 e. The largest absolute Gasteiger partial charge is 0.482 e. The van der Waals surface area contributed by atoms with E-state index >= 15 is 0 Å². The van der Waals surface area contributed by atoms with Crippen molar-refractivity contribution in [3.63, 3.8) is 0 Å². The van der Waals surface area contributed by atoms with E-state index in [1.54, 1.807) is 0 Å². The monoisotopic (exact) mass is 448 g/mol. The highest BCUT2D eigenvalue weighted by atomic mass is 35.5. The predicted molar refractivity (Wildman–Crippen MR) is 114 cm³/mol. The molecule has 6 rings (SSSR count). The van der Waals surface area contributed by atoms with Gasteiger partial charge in [-0.05, 0) is 56.6 Å². The Hall–Kier alpha value is -1.83. The molecule has 1 aliphatic carbocycles. The van der Waals surface area contributed by atoms with Crippen molar-refractivity contribution < 1.29 is 23.8 Å². The van der Waals surface area contributed by atoms with Crippen LogP contribution in [-0.2, 0) is 19.1 Å². The second kappa shape index (κ2) is 8.26. The zero-order valence-corrected chi connectivity index (χ0v) is 18.5. The first kappa shape index (κ1) is 21.0. The number of carbonyl (C=O) groups excluding carboxylic acids is 2. The molecule has 7 nitrogen and oxygen atoms in total. The van der Waals surface area contributed by atoms with Gasteiger partial charge in [-0.3, -0.25) is 9.59 Å². The molecule has 2 amide bonds. The quantitative estimate of drug-likeness (QED) is 0.660. The average molecular weight is 449 g/mol. The Morgan fingerprint density at radius 2 is 1.97 bits per heavy atom. The lowest BCUT2D eigenvalue weighted by Crippen LogP contribution is -2.65. The number of halogens is 1. The van der Waals surface area contributed by atoms with Gasteiger partial charge in [0.25, 0.3) is 5.91 Å². The number of rotatable bonds is 0. The summed E-state index contributed by atoms with van der Waals surface area (Å²) in [5, 5.41) is 3.67. The molecule has 1 spiro atoms. The number of amides is 2. The second-order valence-corrected chi connectivity index (χ2v) is 9.73. The van der Waals surface area contributed by atoms with Crippen LogP contribution >= 0.6 is 11.6 Å². The standard InChI is InChI=1S/C23H29ClN2O5/c1-14-9-23(13-29-11-20(27)25-23)19-10-30-16-7-5-15(6-8-16)17-3-2-4-18(24)22(17)31-12-21(28)26(14)19/h2-4,14-16,19H,5-13H2,1H3,(H,25,27)/t14-,15-,16+,19+,23-/m1/s1. The molecule has 4 aliphatic heterocycles. The summed E-state index contributed by atoms with van der Waals surface area (Å²) in [5.74, 6) is 0.692. The number of morpholine rings is 1. The molecule has 0 unspecified atom stereocenters. The van der Waals surface area contributed by atoms with E-state index in [0.717, 1.165) is 31.2 Å². The molecule has 31 heavy (non-hydrogen) atoms. The fourth-order valence-electron chi connectivity index (χ4n) is 5.93. The van der Waals surface area contributed by atoms with E-state index in [9.17, 15) is 9.59 Å². The van der Waals surface area contributed by atoms with Gasteiger partial charge in [-0.1, -0.05) is 23.7 Å². The van der Waals surface area contributed by atoms with Crippen LogP contribution in [-0.4, -0.2) is 66.9 Å². The third-order valence-corrected chi connectivity index (χ3v) is 7.62. The van der Waals surface area contributed by atoms with Gasteiger partial charge in [0.2, 0.25) is 5.91 Å². The molecule has 1 N–H and O–H groups in total. The van der Waals surface area contributed by atoms with E-state index in [-0.39, 0.29) is 43.2 Å². The van der Waals surface area contributed by atoms with Crippen molar-refractivity contribution >= 4 is 23.4 Å². The third-order valence-electron chi connectivity index (χ3n) is 7.32. The Kier molecular flexibility index (Phi) is 5.61. The molecule has 8 heteroatoms. The summed E-state index contributed by atoms with van der Waals surface area (Å²) in [7, 11) is 0. The topological polar surface area (TPSA) is 77.1 Å². The molecule has 1 saturated carbocycles. The Labute approximate surface area is 187 Å². The second-order valence-electron chi connectivity index (χ2n) is 9.32. The first-order valence-electron chi connectivity index (χ1n) is 11.2. The number of ether oxygens (including phenoxy) is 3. The molecule has 0 aromatic heterocycles. The summed E-state index contributed by atoms with van der Waals surface area (Å²) in [6.45, 7) is 2.72. The van der Waals surface area contributed by atoms with Crippen LogP contribution in [0.25, 0.3) is 0 Å². The first-order chi connectivity index (χ1) is 15.0. The minimum absolute atomic E-state index is 0.0556. The van der Waals surface area contributed by atoms with Gasteiger partial charge in [0.1, 0.15) is 12.4 Å². The van der Waals surface area contributed by atoms with Crippen molar-refractivity contribution in [1.29, 1.82) is 0 Å². The van der Waals surface area contributed by atoms with Crippen LogP contribution in [0.5, 0.6) is 5.75 Å². The van der Waals surface area contributed by atoms with Crippen molar-refractivity contribution in [2.45, 2.75) is 68.7 Å². The molecule has 2 bridgehead atoms. The number of para-hydroxylation sites is 1. The smallest absolute Gasteiger partial charge is 0.261 e. The molecule has 5 aliphatic rings. The Morgan fingerprint density at radius 3 is 2.74 bits per heavy atom. The van der Waals surface area contributed by atoms with Crippen molar-refractivity contribution in [3.05, 3.63) is 28.8 Å². The number of fused-ring (bicyclic) bond motifs is 5. The van der Waals surface area contributed by atoms with Gasteiger partial charge in [0, 0.05) is 6.04 Å². The number of benzene rings is 1. The fourth-order valence-corrected chi connectivity index (χ4v) is 6.17. The van der Waals surface area contributed by atoms with Crippen LogP contribution in [0, 0.1) is 0 Å². The van der Waals surface area contributed by atoms with Gasteiger partial charge in [-0.2, -0.15) is 0 Å². The summed E-state index contributed by atoms with van der Waals surface area (Å²) in [6.07, 6.45) is 4.65. The first-order valence-corrected chi connectivity index (χ1v) is 11.6. The van der Waals surface area contributed by atoms with Crippen molar-refractivity contribution in [3.8, 4) is 5.75 Å². The van der Waals surface area contributed by atoms with E-state index in [4.69, 9.17) is 25.8 Å². The van der Waals surface area contributed by atoms with E-state index in [0.29, 0.717) is 36.3 Å². The van der Waals surface area contributed by atoms with Gasteiger partial charge in [-0.15, -0.1) is 0 Å². The molecular weight excluding hydrogens is 420 g/mol. The third kappa shape index (κ3) is 3.81. The van der Waals surface area contributed by atoms with E-state index < -0.39 is 5.54 Å². The minimum atomic E-state index is -0.628. The lowest BCUT2D eigenvalue weighted by molar-refractivity contribution is -0.145. The summed E-state index contributed by atoms with van der Waals surface area (Å²) >= 11 is 6.48. The number of hydrogen-bond acceptors (Lipinski definition) is 5. The summed E-state index contributed by atoms with van der Waals surface area (Å²) < 4.78 is 18.0. The zero-order valence-electron chi connectivity index (χ0n) is 17.8. The highest BCUT2D eigenvalue weighted by molar-refractivity contribution is 6.32. The molecule has 3 fully saturated rings. The number of hydrogen-bond donors (Lipinski definition) is 1. The Morgan fingerprint density at radius 1 is 1.16 bits per heavy atom. The maximum absolute atomic E-state index is 13.4. The highest BCUT2D eigenvalue weighted by Gasteiger charge is 2.55. The predicted octanol–water partition coefficient (Wildman–Crippen LogP) is 2.65. The molecule has 1 aromatic carbocycles. The van der Waals surface area contributed by atoms with E-state index in [1.807, 2.05) is 24.0 Å². The summed E-state index contributed by atoms with van der Waals surface area (Å²) in [4.78, 5) is 27.4. The zero-order chi connectivity index (χ0) is 21.6. The maximum atomic E-state index is 13.4. The molecule has 0 radical (unpaired) electrons.